The van der Waals surface area contributed by atoms with Crippen molar-refractivity contribution < 1.29 is 13.7 Å². The highest BCUT2D eigenvalue weighted by molar-refractivity contribution is 9.10. The van der Waals surface area contributed by atoms with Crippen LogP contribution < -0.4 is 10.6 Å². The second kappa shape index (κ2) is 7.48. The molecule has 1 heterocycles. The van der Waals surface area contributed by atoms with E-state index in [9.17, 15) is 9.18 Å². The molecule has 1 aromatic heterocycles. The van der Waals surface area contributed by atoms with Gasteiger partial charge in [0.05, 0.1) is 5.69 Å². The van der Waals surface area contributed by atoms with Gasteiger partial charge in [-0.05, 0) is 43.2 Å². The number of hydrogen-bond acceptors (Lipinski definition) is 4. The van der Waals surface area contributed by atoms with Crippen LogP contribution in [0.4, 0.5) is 20.6 Å². The Balaban J connectivity index is 1.45. The van der Waals surface area contributed by atoms with Crippen LogP contribution in [-0.4, -0.2) is 16.2 Å². The molecule has 0 aliphatic heterocycles. The van der Waals surface area contributed by atoms with Crippen molar-refractivity contribution in [1.29, 1.82) is 0 Å². The van der Waals surface area contributed by atoms with Crippen LogP contribution in [0.3, 0.4) is 0 Å². The smallest absolute Gasteiger partial charge is 0.323 e. The molecule has 4 rings (SSSR count). The van der Waals surface area contributed by atoms with E-state index in [1.165, 1.54) is 18.6 Å². The minimum Gasteiger partial charge on any atom is -0.339 e. The van der Waals surface area contributed by atoms with Gasteiger partial charge in [-0.25, -0.2) is 9.18 Å². The molecular formula is C19H16BrFN4O2. The lowest BCUT2D eigenvalue weighted by molar-refractivity contribution is 0.262. The normalized spacial score (nSPS) is 13.9. The Morgan fingerprint density at radius 1 is 1.19 bits per heavy atom. The molecule has 1 saturated carbocycles. The molecule has 2 aromatic carbocycles. The summed E-state index contributed by atoms with van der Waals surface area (Å²) < 4.78 is 19.8. The van der Waals surface area contributed by atoms with Gasteiger partial charge in [-0.15, -0.1) is 0 Å². The number of anilines is 2. The van der Waals surface area contributed by atoms with Crippen molar-refractivity contribution in [2.75, 3.05) is 10.6 Å². The second-order valence-corrected chi connectivity index (χ2v) is 7.28. The van der Waals surface area contributed by atoms with Gasteiger partial charge >= 0.3 is 6.03 Å². The third kappa shape index (κ3) is 4.00. The van der Waals surface area contributed by atoms with E-state index < -0.39 is 11.8 Å². The molecule has 8 heteroatoms. The van der Waals surface area contributed by atoms with Gasteiger partial charge in [0.1, 0.15) is 5.82 Å². The number of benzene rings is 2. The maximum absolute atomic E-state index is 13.8. The zero-order chi connectivity index (χ0) is 18.8. The predicted octanol–water partition coefficient (Wildman–Crippen LogP) is 5.55. The van der Waals surface area contributed by atoms with Gasteiger partial charge in [-0.2, -0.15) is 4.98 Å². The first kappa shape index (κ1) is 17.7. The van der Waals surface area contributed by atoms with Gasteiger partial charge in [0.15, 0.2) is 0 Å². The van der Waals surface area contributed by atoms with Crippen molar-refractivity contribution in [3.05, 3.63) is 58.6 Å². The van der Waals surface area contributed by atoms with Gasteiger partial charge in [-0.3, -0.25) is 0 Å². The Labute approximate surface area is 163 Å². The quantitative estimate of drug-likeness (QED) is 0.568. The summed E-state index contributed by atoms with van der Waals surface area (Å²) in [5, 5.41) is 9.19. The van der Waals surface area contributed by atoms with E-state index in [0.717, 1.165) is 18.4 Å². The van der Waals surface area contributed by atoms with E-state index in [1.807, 2.05) is 6.07 Å². The van der Waals surface area contributed by atoms with Crippen LogP contribution >= 0.6 is 15.9 Å². The number of halogens is 2. The number of urea groups is 1. The number of nitrogens with one attached hydrogen (secondary N) is 2. The Morgan fingerprint density at radius 2 is 2.04 bits per heavy atom. The number of hydrogen-bond donors (Lipinski definition) is 2. The van der Waals surface area contributed by atoms with Crippen molar-refractivity contribution in [2.45, 2.75) is 25.2 Å². The second-order valence-electron chi connectivity index (χ2n) is 6.37. The lowest BCUT2D eigenvalue weighted by Crippen LogP contribution is -2.20. The van der Waals surface area contributed by atoms with E-state index in [2.05, 4.69) is 36.7 Å². The first-order valence-electron chi connectivity index (χ1n) is 8.55. The summed E-state index contributed by atoms with van der Waals surface area (Å²) in [6, 6.07) is 11.0. The van der Waals surface area contributed by atoms with Crippen LogP contribution in [0.15, 0.2) is 51.5 Å². The number of aromatic nitrogens is 2. The highest BCUT2D eigenvalue weighted by Gasteiger charge is 2.25. The molecule has 0 saturated heterocycles. The van der Waals surface area contributed by atoms with Crippen molar-refractivity contribution >= 4 is 33.3 Å². The number of carbonyl (C=O) groups excluding carboxylic acids is 1. The molecule has 6 nitrogen and oxygen atoms in total. The number of nitrogens with zero attached hydrogens (tertiary/aromatic N) is 2. The summed E-state index contributed by atoms with van der Waals surface area (Å²) in [4.78, 5) is 16.6. The average Bonchev–Trinajstić information content (AvgIpc) is 3.05. The highest BCUT2D eigenvalue weighted by atomic mass is 79.9. The SMILES string of the molecule is O=C(Nc1cccc(-c2noc(C3CCC3)n2)c1)Nc1ccc(Br)cc1F. The van der Waals surface area contributed by atoms with Gasteiger partial charge in [-0.1, -0.05) is 39.6 Å². The van der Waals surface area contributed by atoms with E-state index in [4.69, 9.17) is 4.52 Å². The summed E-state index contributed by atoms with van der Waals surface area (Å²) in [5.74, 6) is 0.987. The molecule has 2 N–H and O–H groups in total. The van der Waals surface area contributed by atoms with Crippen molar-refractivity contribution in [1.82, 2.24) is 10.1 Å². The van der Waals surface area contributed by atoms with Crippen molar-refractivity contribution in [3.63, 3.8) is 0 Å². The van der Waals surface area contributed by atoms with Crippen LogP contribution in [0.25, 0.3) is 11.4 Å². The number of carbonyl (C=O) groups is 1. The average molecular weight is 431 g/mol. The summed E-state index contributed by atoms with van der Waals surface area (Å²) in [5.41, 5.74) is 1.37. The molecule has 27 heavy (non-hydrogen) atoms. The molecule has 0 atom stereocenters. The lowest BCUT2D eigenvalue weighted by Gasteiger charge is -2.20. The van der Waals surface area contributed by atoms with Crippen molar-refractivity contribution in [2.24, 2.45) is 0 Å². The Kier molecular flexibility index (Phi) is 4.89. The molecule has 0 bridgehead atoms. The minimum atomic E-state index is -0.545. The molecule has 0 unspecified atom stereocenters. The molecular weight excluding hydrogens is 415 g/mol. The number of rotatable bonds is 4. The molecule has 0 spiro atoms. The molecule has 1 fully saturated rings. The van der Waals surface area contributed by atoms with E-state index in [-0.39, 0.29) is 5.69 Å². The fourth-order valence-electron chi connectivity index (χ4n) is 2.79. The number of amides is 2. The molecule has 0 radical (unpaired) electrons. The fraction of sp³-hybridized carbons (Fsp3) is 0.211. The van der Waals surface area contributed by atoms with Gasteiger partial charge < -0.3 is 15.2 Å². The Morgan fingerprint density at radius 3 is 2.78 bits per heavy atom. The molecule has 138 valence electrons. The van der Waals surface area contributed by atoms with Gasteiger partial charge in [0, 0.05) is 21.6 Å². The van der Waals surface area contributed by atoms with Crippen LogP contribution in [0.5, 0.6) is 0 Å². The summed E-state index contributed by atoms with van der Waals surface area (Å²) in [6.07, 6.45) is 3.35. The third-order valence-corrected chi connectivity index (χ3v) is 4.95. The van der Waals surface area contributed by atoms with Crippen LogP contribution in [0.1, 0.15) is 31.1 Å². The summed E-state index contributed by atoms with van der Waals surface area (Å²) in [7, 11) is 0. The highest BCUT2D eigenvalue weighted by Crippen LogP contribution is 2.36. The molecule has 3 aromatic rings. The Bertz CT molecular complexity index is 987. The summed E-state index contributed by atoms with van der Waals surface area (Å²) >= 11 is 3.18. The minimum absolute atomic E-state index is 0.0927. The first-order valence-corrected chi connectivity index (χ1v) is 9.35. The zero-order valence-electron chi connectivity index (χ0n) is 14.2. The maximum atomic E-state index is 13.8. The molecule has 1 aliphatic rings. The maximum Gasteiger partial charge on any atom is 0.323 e. The predicted molar refractivity (Wildman–Crippen MR) is 103 cm³/mol. The van der Waals surface area contributed by atoms with Gasteiger partial charge in [0.25, 0.3) is 0 Å². The van der Waals surface area contributed by atoms with E-state index in [1.54, 1.807) is 24.3 Å². The molecule has 2 amide bonds. The fourth-order valence-corrected chi connectivity index (χ4v) is 3.12. The van der Waals surface area contributed by atoms with Gasteiger partial charge in [0.2, 0.25) is 11.7 Å². The van der Waals surface area contributed by atoms with E-state index >= 15 is 0 Å². The summed E-state index contributed by atoms with van der Waals surface area (Å²) in [6.45, 7) is 0. The topological polar surface area (TPSA) is 80.1 Å². The largest absolute Gasteiger partial charge is 0.339 e. The zero-order valence-corrected chi connectivity index (χ0v) is 15.8. The lowest BCUT2D eigenvalue weighted by atomic mass is 9.85. The van der Waals surface area contributed by atoms with Crippen LogP contribution in [-0.2, 0) is 0 Å². The third-order valence-electron chi connectivity index (χ3n) is 4.45. The monoisotopic (exact) mass is 430 g/mol. The van der Waals surface area contributed by atoms with Crippen LogP contribution in [0.2, 0.25) is 0 Å². The standard InChI is InChI=1S/C19H16BrFN4O2/c20-13-7-8-16(15(21)10-13)23-19(26)22-14-6-2-5-12(9-14)17-24-18(27-25-17)11-3-1-4-11/h2,5-11H,1,3-4H2,(H2,22,23,26). The first-order chi connectivity index (χ1) is 13.1. The van der Waals surface area contributed by atoms with Crippen LogP contribution in [0, 0.1) is 5.82 Å². The Hall–Kier alpha value is -2.74. The van der Waals surface area contributed by atoms with Crippen molar-refractivity contribution in [3.8, 4) is 11.4 Å². The molecule has 1 aliphatic carbocycles. The van der Waals surface area contributed by atoms with E-state index in [0.29, 0.717) is 27.8 Å².